The maximum Gasteiger partial charge on any atom is 0.433 e. The Morgan fingerprint density at radius 3 is 2.65 bits per heavy atom. The second-order valence-electron chi connectivity index (χ2n) is 8.61. The van der Waals surface area contributed by atoms with Crippen molar-refractivity contribution in [3.8, 4) is 5.75 Å². The summed E-state index contributed by atoms with van der Waals surface area (Å²) < 4.78 is 44.9. The van der Waals surface area contributed by atoms with Crippen molar-refractivity contribution in [2.45, 2.75) is 38.1 Å². The molecule has 1 aliphatic heterocycles. The number of pyridine rings is 3. The van der Waals surface area contributed by atoms with Crippen LogP contribution in [0.4, 0.5) is 13.2 Å². The largest absolute Gasteiger partial charge is 0.495 e. The van der Waals surface area contributed by atoms with Gasteiger partial charge in [-0.05, 0) is 49.4 Å². The van der Waals surface area contributed by atoms with E-state index in [9.17, 15) is 23.1 Å². The number of likely N-dealkylation sites (tertiary alicyclic amines) is 1. The van der Waals surface area contributed by atoms with Gasteiger partial charge >= 0.3 is 6.18 Å². The molecule has 34 heavy (non-hydrogen) atoms. The zero-order valence-corrected chi connectivity index (χ0v) is 18.8. The number of aromatic nitrogens is 3. The molecule has 2 atom stereocenters. The van der Waals surface area contributed by atoms with E-state index in [0.29, 0.717) is 49.3 Å². The molecule has 0 unspecified atom stereocenters. The van der Waals surface area contributed by atoms with E-state index < -0.39 is 18.0 Å². The van der Waals surface area contributed by atoms with Gasteiger partial charge < -0.3 is 14.4 Å². The molecule has 1 N–H and O–H groups in total. The summed E-state index contributed by atoms with van der Waals surface area (Å²) in [5.41, 5.74) is 1.11. The third kappa shape index (κ3) is 5.56. The van der Waals surface area contributed by atoms with E-state index in [1.54, 1.807) is 30.0 Å². The third-order valence-corrected chi connectivity index (χ3v) is 6.41. The maximum absolute atomic E-state index is 12.7. The number of alkyl halides is 3. The Morgan fingerprint density at radius 1 is 1.15 bits per heavy atom. The van der Waals surface area contributed by atoms with Gasteiger partial charge in [0.05, 0.1) is 30.4 Å². The fourth-order valence-corrected chi connectivity index (χ4v) is 4.41. The van der Waals surface area contributed by atoms with Crippen LogP contribution in [0.2, 0.25) is 0 Å². The van der Waals surface area contributed by atoms with Gasteiger partial charge in [0.15, 0.2) is 0 Å². The molecule has 0 amide bonds. The molecule has 4 rings (SSSR count). The van der Waals surface area contributed by atoms with Crippen LogP contribution in [0, 0.1) is 5.92 Å². The lowest BCUT2D eigenvalue weighted by Crippen LogP contribution is -2.45. The van der Waals surface area contributed by atoms with E-state index in [-0.39, 0.29) is 11.5 Å². The van der Waals surface area contributed by atoms with Crippen molar-refractivity contribution in [3.05, 3.63) is 64.3 Å². The Morgan fingerprint density at radius 2 is 1.97 bits per heavy atom. The minimum atomic E-state index is -4.44. The summed E-state index contributed by atoms with van der Waals surface area (Å²) in [6.07, 6.45) is -0.100. The first kappa shape index (κ1) is 24.2. The number of piperidine rings is 1. The molecule has 1 aliphatic rings. The highest BCUT2D eigenvalue weighted by Crippen LogP contribution is 2.28. The Kier molecular flexibility index (Phi) is 7.18. The van der Waals surface area contributed by atoms with E-state index in [1.165, 1.54) is 18.3 Å². The average molecular weight is 476 g/mol. The van der Waals surface area contributed by atoms with Gasteiger partial charge in [-0.1, -0.05) is 6.07 Å². The Bertz CT molecular complexity index is 1180. The predicted molar refractivity (Wildman–Crippen MR) is 121 cm³/mol. The lowest BCUT2D eigenvalue weighted by molar-refractivity contribution is -0.141. The quantitative estimate of drug-likeness (QED) is 0.565. The smallest absolute Gasteiger partial charge is 0.433 e. The van der Waals surface area contributed by atoms with Crippen LogP contribution in [0.3, 0.4) is 0 Å². The maximum atomic E-state index is 12.7. The lowest BCUT2D eigenvalue weighted by Gasteiger charge is -2.36. The first-order chi connectivity index (χ1) is 16.2. The van der Waals surface area contributed by atoms with Crippen molar-refractivity contribution in [3.63, 3.8) is 0 Å². The molecule has 0 radical (unpaired) electrons. The highest BCUT2D eigenvalue weighted by molar-refractivity contribution is 5.75. The van der Waals surface area contributed by atoms with Gasteiger partial charge in [0.25, 0.3) is 5.56 Å². The Labute approximate surface area is 194 Å². The zero-order valence-electron chi connectivity index (χ0n) is 18.8. The van der Waals surface area contributed by atoms with Crippen molar-refractivity contribution in [1.82, 2.24) is 19.4 Å². The normalized spacial score (nSPS) is 19.4. The number of halogens is 3. The molecule has 3 aromatic rings. The predicted octanol–water partition coefficient (Wildman–Crippen LogP) is 3.13. The molecule has 0 spiro atoms. The molecule has 10 heteroatoms. The molecular formula is C24H27F3N4O3. The minimum Gasteiger partial charge on any atom is -0.495 e. The van der Waals surface area contributed by atoms with Gasteiger partial charge in [0, 0.05) is 38.0 Å². The molecule has 0 bridgehead atoms. The highest BCUT2D eigenvalue weighted by Gasteiger charge is 2.32. The fraction of sp³-hybridized carbons (Fsp3) is 0.458. The van der Waals surface area contributed by atoms with E-state index in [1.807, 2.05) is 0 Å². The average Bonchev–Trinajstić information content (AvgIpc) is 2.82. The van der Waals surface area contributed by atoms with Crippen molar-refractivity contribution >= 4 is 11.0 Å². The number of β-amino-alcohol motifs (C(OH)–C–C–N with tert-alkyl or cyclic N) is 1. The standard InChI is InChI=1S/C24H27F3N4O3/c1-34-18-12-20-19(28-14-18)5-7-23(33)31(20)11-10-30-9-8-17(21(32)15-30)4-2-16-3-6-22(29-13-16)24(25,26)27/h3,5-7,12-14,17,21,32H,2,4,8-11,15H2,1H3/t17-,21+/m1/s1. The molecule has 0 aromatic carbocycles. The van der Waals surface area contributed by atoms with Gasteiger partial charge in [-0.15, -0.1) is 0 Å². The third-order valence-electron chi connectivity index (χ3n) is 6.41. The van der Waals surface area contributed by atoms with Crippen molar-refractivity contribution in [1.29, 1.82) is 0 Å². The van der Waals surface area contributed by atoms with Crippen molar-refractivity contribution < 1.29 is 23.0 Å². The molecule has 182 valence electrons. The van der Waals surface area contributed by atoms with Crippen LogP contribution in [0.15, 0.2) is 47.5 Å². The van der Waals surface area contributed by atoms with Gasteiger partial charge in [0.1, 0.15) is 11.4 Å². The van der Waals surface area contributed by atoms with Gasteiger partial charge in [-0.3, -0.25) is 19.7 Å². The van der Waals surface area contributed by atoms with E-state index in [2.05, 4.69) is 14.9 Å². The van der Waals surface area contributed by atoms with Gasteiger partial charge in [0.2, 0.25) is 0 Å². The summed E-state index contributed by atoms with van der Waals surface area (Å²) in [7, 11) is 1.55. The molecule has 0 aliphatic carbocycles. The number of nitrogens with zero attached hydrogens (tertiary/aromatic N) is 4. The Balaban J connectivity index is 1.32. The SMILES string of the molecule is COc1cnc2ccc(=O)n(CCN3CC[C@@H](CCc4ccc(C(F)(F)F)nc4)[C@@H](O)C3)c2c1. The van der Waals surface area contributed by atoms with Gasteiger partial charge in [-0.2, -0.15) is 13.2 Å². The van der Waals surface area contributed by atoms with Crippen LogP contribution in [-0.2, 0) is 19.1 Å². The first-order valence-electron chi connectivity index (χ1n) is 11.2. The molecule has 0 saturated carbocycles. The molecule has 3 aromatic heterocycles. The monoisotopic (exact) mass is 476 g/mol. The van der Waals surface area contributed by atoms with Crippen LogP contribution in [0.1, 0.15) is 24.1 Å². The van der Waals surface area contributed by atoms with Crippen molar-refractivity contribution in [2.24, 2.45) is 5.92 Å². The van der Waals surface area contributed by atoms with E-state index >= 15 is 0 Å². The number of aryl methyl sites for hydroxylation is 1. The number of aliphatic hydroxyl groups is 1. The number of hydrogen-bond acceptors (Lipinski definition) is 6. The summed E-state index contributed by atoms with van der Waals surface area (Å²) >= 11 is 0. The van der Waals surface area contributed by atoms with Crippen LogP contribution in [0.25, 0.3) is 11.0 Å². The van der Waals surface area contributed by atoms with Gasteiger partial charge in [-0.25, -0.2) is 0 Å². The number of rotatable bonds is 7. The Hall–Kier alpha value is -2.98. The topological polar surface area (TPSA) is 80.5 Å². The van der Waals surface area contributed by atoms with E-state index in [4.69, 9.17) is 4.74 Å². The first-order valence-corrected chi connectivity index (χ1v) is 11.2. The minimum absolute atomic E-state index is 0.0623. The van der Waals surface area contributed by atoms with Crippen LogP contribution < -0.4 is 10.3 Å². The number of ether oxygens (including phenoxy) is 1. The fourth-order valence-electron chi connectivity index (χ4n) is 4.41. The van der Waals surface area contributed by atoms with E-state index in [0.717, 1.165) is 24.6 Å². The molecule has 1 fully saturated rings. The van der Waals surface area contributed by atoms with Crippen molar-refractivity contribution in [2.75, 3.05) is 26.7 Å². The number of hydrogen-bond donors (Lipinski definition) is 1. The summed E-state index contributed by atoms with van der Waals surface area (Å²) in [6.45, 7) is 2.31. The van der Waals surface area contributed by atoms with Crippen LogP contribution in [-0.4, -0.2) is 57.4 Å². The molecule has 1 saturated heterocycles. The molecular weight excluding hydrogens is 449 g/mol. The number of methoxy groups -OCH3 is 1. The second kappa shape index (κ2) is 10.1. The highest BCUT2D eigenvalue weighted by atomic mass is 19.4. The van der Waals surface area contributed by atoms with Crippen LogP contribution >= 0.6 is 0 Å². The molecule has 7 nitrogen and oxygen atoms in total. The lowest BCUT2D eigenvalue weighted by atomic mass is 9.88. The summed E-state index contributed by atoms with van der Waals surface area (Å²) in [4.78, 5) is 22.4. The van der Waals surface area contributed by atoms with Crippen LogP contribution in [0.5, 0.6) is 5.75 Å². The summed E-state index contributed by atoms with van der Waals surface area (Å²) in [6, 6.07) is 7.42. The zero-order chi connectivity index (χ0) is 24.3. The molecule has 4 heterocycles. The number of fused-ring (bicyclic) bond motifs is 1. The second-order valence-corrected chi connectivity index (χ2v) is 8.61. The summed E-state index contributed by atoms with van der Waals surface area (Å²) in [5, 5.41) is 10.7. The number of aliphatic hydroxyl groups excluding tert-OH is 1. The summed E-state index contributed by atoms with van der Waals surface area (Å²) in [5.74, 6) is 0.638.